The molecule has 1 aromatic heterocycles. The molecule has 16 heavy (non-hydrogen) atoms. The Morgan fingerprint density at radius 1 is 1.62 bits per heavy atom. The zero-order chi connectivity index (χ0) is 11.7. The molecule has 0 radical (unpaired) electrons. The Bertz CT molecular complexity index is 541. The van der Waals surface area contributed by atoms with Crippen molar-refractivity contribution in [2.24, 2.45) is 5.73 Å². The fraction of sp³-hybridized carbons (Fsp3) is 0.200. The lowest BCUT2D eigenvalue weighted by atomic mass is 10.2. The number of fused-ring (bicyclic) bond motifs is 1. The molecule has 0 saturated heterocycles. The molecule has 1 aromatic carbocycles. The van der Waals surface area contributed by atoms with Crippen molar-refractivity contribution in [1.82, 2.24) is 4.98 Å². The third-order valence-corrected chi connectivity index (χ3v) is 3.40. The van der Waals surface area contributed by atoms with Gasteiger partial charge in [0.2, 0.25) is 0 Å². The topological polar surface area (TPSA) is 76.2 Å². The van der Waals surface area contributed by atoms with E-state index in [0.29, 0.717) is 10.0 Å². The molecule has 0 aliphatic heterocycles. The maximum atomic E-state index is 10.6. The van der Waals surface area contributed by atoms with Crippen LogP contribution in [0.5, 0.6) is 0 Å². The zero-order valence-electron chi connectivity index (χ0n) is 8.18. The van der Waals surface area contributed by atoms with Crippen LogP contribution in [0.25, 0.3) is 10.2 Å². The van der Waals surface area contributed by atoms with Crippen molar-refractivity contribution in [3.63, 3.8) is 0 Å². The number of nitrogens with zero attached hydrogens (tertiary/aromatic N) is 1. The summed E-state index contributed by atoms with van der Waals surface area (Å²) in [6, 6.07) is 4.49. The average Bonchev–Trinajstić information content (AvgIpc) is 2.58. The first kappa shape index (κ1) is 11.3. The number of carboxylic acids is 1. The highest BCUT2D eigenvalue weighted by Gasteiger charge is 2.15. The van der Waals surface area contributed by atoms with Gasteiger partial charge >= 0.3 is 5.97 Å². The minimum Gasteiger partial charge on any atom is -0.480 e. The average molecular weight is 257 g/mol. The molecule has 0 aliphatic carbocycles. The Morgan fingerprint density at radius 3 is 3.06 bits per heavy atom. The molecule has 3 N–H and O–H groups in total. The Hall–Kier alpha value is -1.17. The van der Waals surface area contributed by atoms with E-state index in [1.165, 1.54) is 11.3 Å². The summed E-state index contributed by atoms with van der Waals surface area (Å²) in [4.78, 5) is 14.9. The second-order valence-corrected chi connectivity index (χ2v) is 4.92. The van der Waals surface area contributed by atoms with Crippen LogP contribution in [-0.4, -0.2) is 22.1 Å². The Morgan fingerprint density at radius 2 is 2.38 bits per heavy atom. The largest absolute Gasteiger partial charge is 0.480 e. The first-order valence-electron chi connectivity index (χ1n) is 4.59. The number of aromatic nitrogens is 1. The van der Waals surface area contributed by atoms with Gasteiger partial charge in [-0.05, 0) is 18.2 Å². The van der Waals surface area contributed by atoms with Gasteiger partial charge in [-0.15, -0.1) is 11.3 Å². The van der Waals surface area contributed by atoms with Crippen LogP contribution in [0.1, 0.15) is 5.01 Å². The number of hydrogen-bond acceptors (Lipinski definition) is 4. The van der Waals surface area contributed by atoms with Crippen LogP contribution in [0.15, 0.2) is 18.2 Å². The highest BCUT2D eigenvalue weighted by molar-refractivity contribution is 7.18. The molecule has 84 valence electrons. The number of benzene rings is 1. The van der Waals surface area contributed by atoms with E-state index in [9.17, 15) is 4.79 Å². The second-order valence-electron chi connectivity index (χ2n) is 3.37. The van der Waals surface area contributed by atoms with Crippen LogP contribution in [0, 0.1) is 0 Å². The number of thiazole rings is 1. The van der Waals surface area contributed by atoms with Crippen LogP contribution in [0.2, 0.25) is 5.02 Å². The van der Waals surface area contributed by atoms with Gasteiger partial charge in [-0.1, -0.05) is 11.6 Å². The molecule has 1 heterocycles. The first-order valence-corrected chi connectivity index (χ1v) is 5.79. The lowest BCUT2D eigenvalue weighted by molar-refractivity contribution is -0.138. The predicted molar refractivity (Wildman–Crippen MR) is 63.9 cm³/mol. The highest BCUT2D eigenvalue weighted by atomic mass is 35.5. The molecule has 2 aromatic rings. The van der Waals surface area contributed by atoms with Gasteiger partial charge in [-0.25, -0.2) is 4.98 Å². The Kier molecular flexibility index (Phi) is 3.09. The standard InChI is InChI=1S/C10H9ClN2O2S/c11-5-1-2-8-7(3-5)13-9(16-8)4-6(12)10(14)15/h1-3,6H,4,12H2,(H,14,15)/t6-/m1/s1. The quantitative estimate of drug-likeness (QED) is 0.880. The SMILES string of the molecule is N[C@H](Cc1nc2cc(Cl)ccc2s1)C(=O)O. The van der Waals surface area contributed by atoms with Gasteiger partial charge in [0.1, 0.15) is 6.04 Å². The number of halogens is 1. The molecule has 4 nitrogen and oxygen atoms in total. The lowest BCUT2D eigenvalue weighted by Crippen LogP contribution is -2.32. The summed E-state index contributed by atoms with van der Waals surface area (Å²) >= 11 is 7.27. The third-order valence-electron chi connectivity index (χ3n) is 2.11. The summed E-state index contributed by atoms with van der Waals surface area (Å²) < 4.78 is 0.983. The summed E-state index contributed by atoms with van der Waals surface area (Å²) in [6.07, 6.45) is 0.242. The van der Waals surface area contributed by atoms with Crippen LogP contribution >= 0.6 is 22.9 Å². The number of hydrogen-bond donors (Lipinski definition) is 2. The van der Waals surface area contributed by atoms with Crippen LogP contribution in [0.3, 0.4) is 0 Å². The van der Waals surface area contributed by atoms with E-state index >= 15 is 0 Å². The molecule has 0 fully saturated rings. The van der Waals surface area contributed by atoms with Crippen molar-refractivity contribution >= 4 is 39.1 Å². The molecular weight excluding hydrogens is 248 g/mol. The van der Waals surface area contributed by atoms with E-state index in [2.05, 4.69) is 4.98 Å². The number of nitrogens with two attached hydrogens (primary N) is 1. The number of carbonyl (C=O) groups is 1. The van der Waals surface area contributed by atoms with E-state index < -0.39 is 12.0 Å². The Labute approximate surface area is 101 Å². The van der Waals surface area contributed by atoms with Crippen molar-refractivity contribution < 1.29 is 9.90 Å². The van der Waals surface area contributed by atoms with E-state index in [0.717, 1.165) is 10.2 Å². The smallest absolute Gasteiger partial charge is 0.320 e. The molecule has 0 aliphatic rings. The van der Waals surface area contributed by atoms with Crippen molar-refractivity contribution in [2.45, 2.75) is 12.5 Å². The van der Waals surface area contributed by atoms with E-state index in [-0.39, 0.29) is 6.42 Å². The third kappa shape index (κ3) is 2.32. The van der Waals surface area contributed by atoms with E-state index in [4.69, 9.17) is 22.4 Å². The molecule has 0 bridgehead atoms. The van der Waals surface area contributed by atoms with Gasteiger partial charge in [0.05, 0.1) is 15.2 Å². The summed E-state index contributed by atoms with van der Waals surface area (Å²) in [5.74, 6) is -1.02. The van der Waals surface area contributed by atoms with Crippen LogP contribution in [0.4, 0.5) is 0 Å². The minimum atomic E-state index is -1.02. The van der Waals surface area contributed by atoms with Crippen molar-refractivity contribution in [2.75, 3.05) is 0 Å². The van der Waals surface area contributed by atoms with Gasteiger partial charge in [0.15, 0.2) is 0 Å². The number of aliphatic carboxylic acids is 1. The highest BCUT2D eigenvalue weighted by Crippen LogP contribution is 2.25. The lowest BCUT2D eigenvalue weighted by Gasteiger charge is -2.01. The van der Waals surface area contributed by atoms with Gasteiger partial charge in [0, 0.05) is 11.4 Å². The molecule has 6 heteroatoms. The molecule has 1 atom stereocenters. The maximum absolute atomic E-state index is 10.6. The molecule has 2 rings (SSSR count). The van der Waals surface area contributed by atoms with Crippen molar-refractivity contribution in [1.29, 1.82) is 0 Å². The molecule has 0 amide bonds. The summed E-state index contributed by atoms with van der Waals surface area (Å²) in [5, 5.41) is 10.0. The monoisotopic (exact) mass is 256 g/mol. The summed E-state index contributed by atoms with van der Waals surface area (Å²) in [7, 11) is 0. The van der Waals surface area contributed by atoms with Gasteiger partial charge in [-0.3, -0.25) is 4.79 Å². The van der Waals surface area contributed by atoms with Crippen molar-refractivity contribution in [3.8, 4) is 0 Å². The fourth-order valence-corrected chi connectivity index (χ4v) is 2.48. The molecule has 0 unspecified atom stereocenters. The Balaban J connectivity index is 2.29. The molecular formula is C10H9ClN2O2S. The molecule has 0 spiro atoms. The summed E-state index contributed by atoms with van der Waals surface area (Å²) in [6.45, 7) is 0. The second kappa shape index (κ2) is 4.37. The zero-order valence-corrected chi connectivity index (χ0v) is 9.76. The van der Waals surface area contributed by atoms with E-state index in [1.807, 2.05) is 6.07 Å². The van der Waals surface area contributed by atoms with Crippen LogP contribution in [-0.2, 0) is 11.2 Å². The van der Waals surface area contributed by atoms with Gasteiger partial charge in [0.25, 0.3) is 0 Å². The van der Waals surface area contributed by atoms with E-state index in [1.54, 1.807) is 12.1 Å². The first-order chi connectivity index (χ1) is 7.56. The fourth-order valence-electron chi connectivity index (χ4n) is 1.31. The predicted octanol–water partition coefficient (Wildman–Crippen LogP) is 1.90. The van der Waals surface area contributed by atoms with Gasteiger partial charge in [-0.2, -0.15) is 0 Å². The number of carboxylic acid groups (broad SMARTS) is 1. The van der Waals surface area contributed by atoms with Gasteiger partial charge < -0.3 is 10.8 Å². The normalized spacial score (nSPS) is 12.9. The van der Waals surface area contributed by atoms with Crippen LogP contribution < -0.4 is 5.73 Å². The maximum Gasteiger partial charge on any atom is 0.320 e. The number of rotatable bonds is 3. The minimum absolute atomic E-state index is 0.242. The molecule has 0 saturated carbocycles. The summed E-state index contributed by atoms with van der Waals surface area (Å²) in [5.41, 5.74) is 6.22. The van der Waals surface area contributed by atoms with Crippen molar-refractivity contribution in [3.05, 3.63) is 28.2 Å².